The number of ether oxygens (including phenoxy) is 1. The molecule has 5 heteroatoms. The molecule has 0 saturated heterocycles. The Balaban J connectivity index is 2.23. The average Bonchev–Trinajstić information content (AvgIpc) is 2.41. The van der Waals surface area contributed by atoms with Gasteiger partial charge in [0.1, 0.15) is 5.75 Å². The highest BCUT2D eigenvalue weighted by molar-refractivity contribution is 9.10. The van der Waals surface area contributed by atoms with Gasteiger partial charge in [-0.2, -0.15) is 0 Å². The summed E-state index contributed by atoms with van der Waals surface area (Å²) in [5.74, 6) is 0.425. The van der Waals surface area contributed by atoms with Crippen LogP contribution >= 0.6 is 27.5 Å². The van der Waals surface area contributed by atoms with Crippen molar-refractivity contribution in [2.24, 2.45) is 0 Å². The minimum absolute atomic E-state index is 0.222. The number of nitrogens with one attached hydrogen (secondary N) is 1. The highest BCUT2D eigenvalue weighted by Crippen LogP contribution is 2.26. The monoisotopic (exact) mass is 353 g/mol. The first-order valence-electron chi connectivity index (χ1n) is 6.10. The summed E-state index contributed by atoms with van der Waals surface area (Å²) in [6, 6.07) is 12.3. The Morgan fingerprint density at radius 1 is 1.30 bits per heavy atom. The largest absolute Gasteiger partial charge is 0.492 e. The van der Waals surface area contributed by atoms with Gasteiger partial charge in [-0.05, 0) is 53.2 Å². The van der Waals surface area contributed by atoms with Crippen molar-refractivity contribution in [2.75, 3.05) is 11.9 Å². The molecule has 20 heavy (non-hydrogen) atoms. The lowest BCUT2D eigenvalue weighted by molar-refractivity contribution is 0.102. The predicted molar refractivity (Wildman–Crippen MR) is 84.7 cm³/mol. The molecule has 2 rings (SSSR count). The van der Waals surface area contributed by atoms with Crippen molar-refractivity contribution >= 4 is 39.1 Å². The van der Waals surface area contributed by atoms with Gasteiger partial charge in [-0.15, -0.1) is 0 Å². The second-order valence-corrected chi connectivity index (χ2v) is 5.30. The second kappa shape index (κ2) is 6.77. The molecule has 2 aromatic rings. The standard InChI is InChI=1S/C15H13BrClNO2/c1-2-20-14-6-4-3-5-13(14)18-15(19)11-8-7-10(17)9-12(11)16/h3-9H,2H2,1H3,(H,18,19). The summed E-state index contributed by atoms with van der Waals surface area (Å²) < 4.78 is 6.12. The zero-order chi connectivity index (χ0) is 14.5. The van der Waals surface area contributed by atoms with Crippen LogP contribution in [0.3, 0.4) is 0 Å². The summed E-state index contributed by atoms with van der Waals surface area (Å²) in [5.41, 5.74) is 1.15. The van der Waals surface area contributed by atoms with E-state index < -0.39 is 0 Å². The van der Waals surface area contributed by atoms with Crippen LogP contribution in [-0.2, 0) is 0 Å². The minimum atomic E-state index is -0.222. The fourth-order valence-electron chi connectivity index (χ4n) is 1.71. The van der Waals surface area contributed by atoms with Crippen molar-refractivity contribution in [1.29, 1.82) is 0 Å². The Morgan fingerprint density at radius 2 is 2.05 bits per heavy atom. The van der Waals surface area contributed by atoms with Gasteiger partial charge >= 0.3 is 0 Å². The van der Waals surface area contributed by atoms with E-state index in [0.29, 0.717) is 33.1 Å². The number of rotatable bonds is 4. The van der Waals surface area contributed by atoms with Gasteiger partial charge in [0, 0.05) is 9.50 Å². The van der Waals surface area contributed by atoms with Gasteiger partial charge in [0.2, 0.25) is 0 Å². The SMILES string of the molecule is CCOc1ccccc1NC(=O)c1ccc(Cl)cc1Br. The zero-order valence-electron chi connectivity index (χ0n) is 10.8. The maximum Gasteiger partial charge on any atom is 0.256 e. The molecule has 0 radical (unpaired) electrons. The molecule has 1 amide bonds. The van der Waals surface area contributed by atoms with E-state index in [0.717, 1.165) is 0 Å². The lowest BCUT2D eigenvalue weighted by atomic mass is 10.2. The smallest absolute Gasteiger partial charge is 0.256 e. The third kappa shape index (κ3) is 3.52. The first-order valence-corrected chi connectivity index (χ1v) is 7.27. The zero-order valence-corrected chi connectivity index (χ0v) is 13.2. The van der Waals surface area contributed by atoms with E-state index in [1.165, 1.54) is 0 Å². The minimum Gasteiger partial charge on any atom is -0.492 e. The van der Waals surface area contributed by atoms with Crippen molar-refractivity contribution < 1.29 is 9.53 Å². The topological polar surface area (TPSA) is 38.3 Å². The molecule has 0 fully saturated rings. The third-order valence-electron chi connectivity index (χ3n) is 2.61. The lowest BCUT2D eigenvalue weighted by Gasteiger charge is -2.12. The summed E-state index contributed by atoms with van der Waals surface area (Å²) in [7, 11) is 0. The number of para-hydroxylation sites is 2. The summed E-state index contributed by atoms with van der Waals surface area (Å²) in [6.07, 6.45) is 0. The Morgan fingerprint density at radius 3 is 2.75 bits per heavy atom. The molecule has 1 N–H and O–H groups in total. The number of hydrogen-bond donors (Lipinski definition) is 1. The maximum atomic E-state index is 12.3. The highest BCUT2D eigenvalue weighted by Gasteiger charge is 2.12. The van der Waals surface area contributed by atoms with Gasteiger partial charge < -0.3 is 10.1 Å². The van der Waals surface area contributed by atoms with E-state index in [9.17, 15) is 4.79 Å². The molecule has 0 aliphatic heterocycles. The fraction of sp³-hybridized carbons (Fsp3) is 0.133. The summed E-state index contributed by atoms with van der Waals surface area (Å²) in [6.45, 7) is 2.44. The first-order chi connectivity index (χ1) is 9.61. The van der Waals surface area contributed by atoms with Crippen molar-refractivity contribution in [1.82, 2.24) is 0 Å². The Bertz CT molecular complexity index is 631. The van der Waals surface area contributed by atoms with Crippen molar-refractivity contribution in [3.63, 3.8) is 0 Å². The number of halogens is 2. The predicted octanol–water partition coefficient (Wildman–Crippen LogP) is 4.75. The molecule has 0 bridgehead atoms. The molecule has 2 aromatic carbocycles. The Kier molecular flexibility index (Phi) is 5.04. The Hall–Kier alpha value is -1.52. The fourth-order valence-corrected chi connectivity index (χ4v) is 2.58. The van der Waals surface area contributed by atoms with Crippen molar-refractivity contribution in [3.8, 4) is 5.75 Å². The van der Waals surface area contributed by atoms with Gasteiger partial charge in [0.25, 0.3) is 5.91 Å². The van der Waals surface area contributed by atoms with Gasteiger partial charge in [0.15, 0.2) is 0 Å². The van der Waals surface area contributed by atoms with E-state index in [1.807, 2.05) is 25.1 Å². The summed E-state index contributed by atoms with van der Waals surface area (Å²) in [4.78, 5) is 12.3. The third-order valence-corrected chi connectivity index (χ3v) is 3.50. The van der Waals surface area contributed by atoms with E-state index in [2.05, 4.69) is 21.2 Å². The van der Waals surface area contributed by atoms with E-state index in [-0.39, 0.29) is 5.91 Å². The van der Waals surface area contributed by atoms with E-state index >= 15 is 0 Å². The second-order valence-electron chi connectivity index (χ2n) is 4.01. The van der Waals surface area contributed by atoms with Gasteiger partial charge in [0.05, 0.1) is 17.9 Å². The van der Waals surface area contributed by atoms with E-state index in [4.69, 9.17) is 16.3 Å². The maximum absolute atomic E-state index is 12.3. The highest BCUT2D eigenvalue weighted by atomic mass is 79.9. The van der Waals surface area contributed by atoms with Gasteiger partial charge in [-0.3, -0.25) is 4.79 Å². The van der Waals surface area contributed by atoms with Crippen LogP contribution in [0.4, 0.5) is 5.69 Å². The summed E-state index contributed by atoms with van der Waals surface area (Å²) >= 11 is 9.20. The number of anilines is 1. The molecule has 0 heterocycles. The van der Waals surface area contributed by atoms with Gasteiger partial charge in [-0.1, -0.05) is 23.7 Å². The quantitative estimate of drug-likeness (QED) is 0.860. The number of carbonyl (C=O) groups is 1. The number of amides is 1. The molecule has 0 saturated carbocycles. The molecule has 0 atom stereocenters. The van der Waals surface area contributed by atoms with E-state index in [1.54, 1.807) is 24.3 Å². The lowest BCUT2D eigenvalue weighted by Crippen LogP contribution is -2.13. The van der Waals surface area contributed by atoms with Crippen molar-refractivity contribution in [2.45, 2.75) is 6.92 Å². The van der Waals surface area contributed by atoms with Gasteiger partial charge in [-0.25, -0.2) is 0 Å². The molecule has 0 unspecified atom stereocenters. The van der Waals surface area contributed by atoms with Crippen LogP contribution < -0.4 is 10.1 Å². The van der Waals surface area contributed by atoms with Crippen LogP contribution in [0.15, 0.2) is 46.9 Å². The molecule has 0 spiro atoms. The number of carbonyl (C=O) groups excluding carboxylic acids is 1. The molecule has 3 nitrogen and oxygen atoms in total. The Labute approximate surface area is 131 Å². The summed E-state index contributed by atoms with van der Waals surface area (Å²) in [5, 5.41) is 3.41. The molecular weight excluding hydrogens is 342 g/mol. The van der Waals surface area contributed by atoms with Crippen LogP contribution in [0.1, 0.15) is 17.3 Å². The van der Waals surface area contributed by atoms with Crippen LogP contribution in [0.5, 0.6) is 5.75 Å². The molecule has 0 aromatic heterocycles. The average molecular weight is 355 g/mol. The molecular formula is C15H13BrClNO2. The molecule has 0 aliphatic rings. The number of benzene rings is 2. The molecule has 0 aliphatic carbocycles. The van der Waals surface area contributed by atoms with Crippen LogP contribution in [0.25, 0.3) is 0 Å². The van der Waals surface area contributed by atoms with Crippen molar-refractivity contribution in [3.05, 3.63) is 57.5 Å². The molecule has 104 valence electrons. The first kappa shape index (κ1) is 14.9. The van der Waals surface area contributed by atoms with Crippen LogP contribution in [0.2, 0.25) is 5.02 Å². The number of hydrogen-bond acceptors (Lipinski definition) is 2. The normalized spacial score (nSPS) is 10.2. The van der Waals surface area contributed by atoms with Crippen LogP contribution in [0, 0.1) is 0 Å². The van der Waals surface area contributed by atoms with Crippen LogP contribution in [-0.4, -0.2) is 12.5 Å².